The van der Waals surface area contributed by atoms with Gasteiger partial charge in [-0.25, -0.2) is 0 Å². The Morgan fingerprint density at radius 2 is 1.89 bits per heavy atom. The van der Waals surface area contributed by atoms with Crippen LogP contribution in [0.4, 0.5) is 0 Å². The van der Waals surface area contributed by atoms with Crippen LogP contribution in [-0.4, -0.2) is 93.3 Å². The number of piperazine rings is 1. The summed E-state index contributed by atoms with van der Waals surface area (Å²) in [5.41, 5.74) is 6.03. The topological polar surface area (TPSA) is 57.3 Å². The number of rotatable bonds is 2. The Kier molecular flexibility index (Phi) is 7.33. The SMILES string of the molecule is CN1CCN(C)C(CN=C(N)N2CCOCC2)C1.I. The number of hydrogen-bond donors (Lipinski definition) is 1. The third-order valence-corrected chi connectivity index (χ3v) is 3.78. The first-order valence-electron chi connectivity index (χ1n) is 6.68. The molecule has 0 bridgehead atoms. The highest BCUT2D eigenvalue weighted by molar-refractivity contribution is 14.0. The van der Waals surface area contributed by atoms with Crippen LogP contribution in [0.15, 0.2) is 4.99 Å². The van der Waals surface area contributed by atoms with Crippen molar-refractivity contribution in [2.75, 3.05) is 66.6 Å². The van der Waals surface area contributed by atoms with Crippen molar-refractivity contribution in [1.29, 1.82) is 0 Å². The molecule has 0 aromatic heterocycles. The highest BCUT2D eigenvalue weighted by atomic mass is 127. The fourth-order valence-electron chi connectivity index (χ4n) is 2.39. The van der Waals surface area contributed by atoms with E-state index < -0.39 is 0 Å². The highest BCUT2D eigenvalue weighted by Crippen LogP contribution is 2.06. The quantitative estimate of drug-likeness (QED) is 0.396. The molecule has 112 valence electrons. The minimum atomic E-state index is 0. The zero-order chi connectivity index (χ0) is 13.0. The number of likely N-dealkylation sites (N-methyl/N-ethyl adjacent to an activating group) is 2. The van der Waals surface area contributed by atoms with Crippen molar-refractivity contribution in [1.82, 2.24) is 14.7 Å². The van der Waals surface area contributed by atoms with Crippen LogP contribution in [0, 0.1) is 0 Å². The summed E-state index contributed by atoms with van der Waals surface area (Å²) in [5, 5.41) is 0. The summed E-state index contributed by atoms with van der Waals surface area (Å²) in [7, 11) is 4.33. The van der Waals surface area contributed by atoms with E-state index in [1.165, 1.54) is 0 Å². The Morgan fingerprint density at radius 1 is 1.21 bits per heavy atom. The van der Waals surface area contributed by atoms with E-state index in [-0.39, 0.29) is 24.0 Å². The molecular formula is C12H26IN5O. The van der Waals surface area contributed by atoms with Crippen LogP contribution in [0.3, 0.4) is 0 Å². The van der Waals surface area contributed by atoms with E-state index in [0.29, 0.717) is 12.0 Å². The van der Waals surface area contributed by atoms with Crippen LogP contribution in [-0.2, 0) is 4.74 Å². The standard InChI is InChI=1S/C12H25N5O.HI/c1-15-3-4-16(2)11(10-15)9-14-12(13)17-5-7-18-8-6-17;/h11H,3-10H2,1-2H3,(H2,13,14);1H. The maximum absolute atomic E-state index is 6.03. The first kappa shape index (κ1) is 16.9. The average molecular weight is 383 g/mol. The van der Waals surface area contributed by atoms with Crippen molar-refractivity contribution in [3.05, 3.63) is 0 Å². The maximum atomic E-state index is 6.03. The van der Waals surface area contributed by atoms with E-state index in [9.17, 15) is 0 Å². The summed E-state index contributed by atoms with van der Waals surface area (Å²) in [6.45, 7) is 7.31. The van der Waals surface area contributed by atoms with Gasteiger partial charge in [0.15, 0.2) is 5.96 Å². The van der Waals surface area contributed by atoms with Crippen LogP contribution in [0.5, 0.6) is 0 Å². The van der Waals surface area contributed by atoms with Gasteiger partial charge in [-0.2, -0.15) is 0 Å². The molecule has 7 heteroatoms. The minimum Gasteiger partial charge on any atom is -0.378 e. The van der Waals surface area contributed by atoms with Crippen molar-refractivity contribution in [2.45, 2.75) is 6.04 Å². The lowest BCUT2D eigenvalue weighted by molar-refractivity contribution is 0.0671. The molecule has 0 spiro atoms. The Balaban J connectivity index is 0.00000180. The molecule has 0 aromatic rings. The second-order valence-electron chi connectivity index (χ2n) is 5.19. The van der Waals surface area contributed by atoms with Gasteiger partial charge in [0.1, 0.15) is 0 Å². The molecule has 6 nitrogen and oxygen atoms in total. The predicted octanol–water partition coefficient (Wildman–Crippen LogP) is -0.503. The molecule has 0 aromatic carbocycles. The average Bonchev–Trinajstić information content (AvgIpc) is 2.40. The lowest BCUT2D eigenvalue weighted by Gasteiger charge is -2.37. The smallest absolute Gasteiger partial charge is 0.191 e. The van der Waals surface area contributed by atoms with E-state index in [0.717, 1.165) is 52.5 Å². The summed E-state index contributed by atoms with van der Waals surface area (Å²) in [6.07, 6.45) is 0. The first-order chi connectivity index (χ1) is 8.66. The molecule has 19 heavy (non-hydrogen) atoms. The fourth-order valence-corrected chi connectivity index (χ4v) is 2.39. The lowest BCUT2D eigenvalue weighted by Crippen LogP contribution is -2.52. The Labute approximate surface area is 133 Å². The molecule has 2 rings (SSSR count). The summed E-state index contributed by atoms with van der Waals surface area (Å²) in [6, 6.07) is 0.475. The molecule has 0 amide bonds. The fraction of sp³-hybridized carbons (Fsp3) is 0.917. The van der Waals surface area contributed by atoms with Gasteiger partial charge in [-0.05, 0) is 14.1 Å². The molecule has 0 radical (unpaired) electrons. The highest BCUT2D eigenvalue weighted by Gasteiger charge is 2.22. The number of ether oxygens (including phenoxy) is 1. The normalized spacial score (nSPS) is 27.2. The lowest BCUT2D eigenvalue weighted by atomic mass is 10.2. The third kappa shape index (κ3) is 5.05. The van der Waals surface area contributed by atoms with Gasteiger partial charge in [-0.3, -0.25) is 9.89 Å². The summed E-state index contributed by atoms with van der Waals surface area (Å²) >= 11 is 0. The molecule has 2 fully saturated rings. The number of morpholine rings is 1. The van der Waals surface area contributed by atoms with Crippen LogP contribution in [0.2, 0.25) is 0 Å². The Morgan fingerprint density at radius 3 is 2.58 bits per heavy atom. The van der Waals surface area contributed by atoms with Gasteiger partial charge >= 0.3 is 0 Å². The van der Waals surface area contributed by atoms with Crippen LogP contribution >= 0.6 is 24.0 Å². The van der Waals surface area contributed by atoms with Crippen molar-refractivity contribution < 1.29 is 4.74 Å². The number of nitrogens with two attached hydrogens (primary N) is 1. The molecule has 2 aliphatic heterocycles. The molecular weight excluding hydrogens is 357 g/mol. The van der Waals surface area contributed by atoms with Crippen LogP contribution < -0.4 is 5.73 Å². The van der Waals surface area contributed by atoms with E-state index in [4.69, 9.17) is 10.5 Å². The number of nitrogens with zero attached hydrogens (tertiary/aromatic N) is 4. The molecule has 2 saturated heterocycles. The zero-order valence-corrected chi connectivity index (χ0v) is 14.2. The van der Waals surface area contributed by atoms with Crippen molar-refractivity contribution in [2.24, 2.45) is 10.7 Å². The number of guanidine groups is 1. The number of aliphatic imine (C=N–C) groups is 1. The largest absolute Gasteiger partial charge is 0.378 e. The van der Waals surface area contributed by atoms with Gasteiger partial charge < -0.3 is 20.3 Å². The van der Waals surface area contributed by atoms with Crippen molar-refractivity contribution in [3.63, 3.8) is 0 Å². The van der Waals surface area contributed by atoms with Gasteiger partial charge in [0.05, 0.1) is 19.8 Å². The van der Waals surface area contributed by atoms with Crippen molar-refractivity contribution >= 4 is 29.9 Å². The monoisotopic (exact) mass is 383 g/mol. The number of halogens is 1. The zero-order valence-electron chi connectivity index (χ0n) is 11.9. The molecule has 1 unspecified atom stereocenters. The van der Waals surface area contributed by atoms with E-state index in [2.05, 4.69) is 33.8 Å². The van der Waals surface area contributed by atoms with E-state index in [1.54, 1.807) is 0 Å². The second kappa shape index (κ2) is 8.23. The summed E-state index contributed by atoms with van der Waals surface area (Å²) in [5.74, 6) is 0.667. The van der Waals surface area contributed by atoms with Gasteiger partial charge in [0.25, 0.3) is 0 Å². The number of hydrogen-bond acceptors (Lipinski definition) is 4. The molecule has 2 N–H and O–H groups in total. The minimum absolute atomic E-state index is 0. The van der Waals surface area contributed by atoms with Gasteiger partial charge in [-0.1, -0.05) is 0 Å². The Bertz CT molecular complexity index is 296. The maximum Gasteiger partial charge on any atom is 0.191 e. The Hall–Kier alpha value is -0.120. The van der Waals surface area contributed by atoms with Gasteiger partial charge in [0, 0.05) is 38.8 Å². The first-order valence-corrected chi connectivity index (χ1v) is 6.68. The van der Waals surface area contributed by atoms with Gasteiger partial charge in [0.2, 0.25) is 0 Å². The van der Waals surface area contributed by atoms with E-state index in [1.807, 2.05) is 0 Å². The second-order valence-corrected chi connectivity index (χ2v) is 5.19. The van der Waals surface area contributed by atoms with Crippen LogP contribution in [0.1, 0.15) is 0 Å². The van der Waals surface area contributed by atoms with Crippen LogP contribution in [0.25, 0.3) is 0 Å². The molecule has 0 saturated carbocycles. The summed E-state index contributed by atoms with van der Waals surface area (Å²) < 4.78 is 5.31. The molecule has 2 aliphatic rings. The summed E-state index contributed by atoms with van der Waals surface area (Å²) in [4.78, 5) is 11.4. The molecule has 0 aliphatic carbocycles. The molecule has 2 heterocycles. The van der Waals surface area contributed by atoms with Crippen molar-refractivity contribution in [3.8, 4) is 0 Å². The van der Waals surface area contributed by atoms with E-state index >= 15 is 0 Å². The van der Waals surface area contributed by atoms with Gasteiger partial charge in [-0.15, -0.1) is 24.0 Å². The third-order valence-electron chi connectivity index (χ3n) is 3.78. The predicted molar refractivity (Wildman–Crippen MR) is 88.2 cm³/mol. The molecule has 1 atom stereocenters.